The van der Waals surface area contributed by atoms with E-state index in [1.165, 1.54) is 0 Å². The summed E-state index contributed by atoms with van der Waals surface area (Å²) in [5, 5.41) is 0. The lowest BCUT2D eigenvalue weighted by Gasteiger charge is -2.08. The number of nitrogens with zero attached hydrogens (tertiary/aromatic N) is 2. The van der Waals surface area contributed by atoms with Gasteiger partial charge in [-0.2, -0.15) is 0 Å². The topological polar surface area (TPSA) is 52.1 Å². The highest BCUT2D eigenvalue weighted by molar-refractivity contribution is 5.80. The quantitative estimate of drug-likeness (QED) is 0.379. The molecular formula is C26H16N2O2. The lowest BCUT2D eigenvalue weighted by atomic mass is 10.1. The van der Waals surface area contributed by atoms with Crippen LogP contribution in [0.4, 0.5) is 0 Å². The van der Waals surface area contributed by atoms with E-state index in [2.05, 4.69) is 33.6 Å². The van der Waals surface area contributed by atoms with Gasteiger partial charge >= 0.3 is 5.97 Å². The van der Waals surface area contributed by atoms with Crippen LogP contribution in [0.2, 0.25) is 0 Å². The van der Waals surface area contributed by atoms with Crippen molar-refractivity contribution in [3.63, 3.8) is 0 Å². The second kappa shape index (κ2) is 9.19. The van der Waals surface area contributed by atoms with Crippen molar-refractivity contribution in [3.05, 3.63) is 114 Å². The Kier molecular flexibility index (Phi) is 5.80. The zero-order chi connectivity index (χ0) is 20.6. The number of aromatic nitrogens is 2. The summed E-state index contributed by atoms with van der Waals surface area (Å²) in [7, 11) is 0. The molecule has 4 nitrogen and oxygen atoms in total. The Bertz CT molecular complexity index is 1150. The minimum atomic E-state index is -0.372. The van der Waals surface area contributed by atoms with Crippen molar-refractivity contribution in [1.29, 1.82) is 0 Å². The highest BCUT2D eigenvalue weighted by Crippen LogP contribution is 2.20. The number of rotatable bonds is 2. The Morgan fingerprint density at radius 3 is 1.67 bits per heavy atom. The number of carbonyl (C=O) groups excluding carboxylic acids is 1. The molecular weight excluding hydrogens is 372 g/mol. The molecule has 3 aromatic rings. The third-order valence-corrected chi connectivity index (χ3v) is 4.21. The van der Waals surface area contributed by atoms with Gasteiger partial charge < -0.3 is 4.74 Å². The van der Waals surface area contributed by atoms with Crippen molar-refractivity contribution >= 4 is 5.97 Å². The van der Waals surface area contributed by atoms with E-state index >= 15 is 0 Å². The third-order valence-electron chi connectivity index (χ3n) is 4.21. The normalized spacial score (nSPS) is 11.9. The fourth-order valence-corrected chi connectivity index (χ4v) is 2.73. The summed E-state index contributed by atoms with van der Waals surface area (Å²) in [6.07, 6.45) is 14.0. The maximum absolute atomic E-state index is 12.4. The van der Waals surface area contributed by atoms with Crippen molar-refractivity contribution in [2.75, 3.05) is 0 Å². The van der Waals surface area contributed by atoms with Crippen LogP contribution in [0.25, 0.3) is 0 Å². The Morgan fingerprint density at radius 1 is 0.700 bits per heavy atom. The Hall–Kier alpha value is -4.41. The van der Waals surface area contributed by atoms with Crippen LogP contribution in [0.3, 0.4) is 0 Å². The molecule has 4 heteroatoms. The molecule has 1 aromatic carbocycles. The van der Waals surface area contributed by atoms with E-state index in [0.717, 1.165) is 11.1 Å². The molecule has 0 radical (unpaired) electrons. The molecule has 0 spiro atoms. The Balaban J connectivity index is 1.65. The standard InChI is InChI=1S/C26H16N2O2/c29-26(24-3-1-2-4-24)30-25-18-22(7-5-20-9-13-27-14-10-20)17-23(19-25)8-6-21-11-15-28-16-12-21/h1-4,9-19,24H. The van der Waals surface area contributed by atoms with E-state index in [0.29, 0.717) is 16.9 Å². The van der Waals surface area contributed by atoms with Gasteiger partial charge in [0.25, 0.3) is 0 Å². The number of carbonyl (C=O) groups is 1. The molecule has 1 aliphatic rings. The van der Waals surface area contributed by atoms with Crippen LogP contribution in [-0.4, -0.2) is 15.9 Å². The van der Waals surface area contributed by atoms with Crippen LogP contribution in [0.15, 0.2) is 91.6 Å². The minimum absolute atomic E-state index is 0.340. The first kappa shape index (κ1) is 18.9. The average Bonchev–Trinajstić information content (AvgIpc) is 3.33. The molecule has 2 heterocycles. The number of ether oxygens (including phenoxy) is 1. The zero-order valence-electron chi connectivity index (χ0n) is 15.9. The molecule has 0 bridgehead atoms. The molecule has 0 amide bonds. The minimum Gasteiger partial charge on any atom is -0.426 e. The highest BCUT2D eigenvalue weighted by atomic mass is 16.5. The van der Waals surface area contributed by atoms with Gasteiger partial charge in [0.1, 0.15) is 5.75 Å². The molecule has 30 heavy (non-hydrogen) atoms. The molecule has 4 rings (SSSR count). The predicted molar refractivity (Wildman–Crippen MR) is 114 cm³/mol. The first-order chi connectivity index (χ1) is 14.8. The van der Waals surface area contributed by atoms with E-state index < -0.39 is 0 Å². The molecule has 142 valence electrons. The van der Waals surface area contributed by atoms with Crippen LogP contribution in [0, 0.1) is 29.6 Å². The van der Waals surface area contributed by atoms with Gasteiger partial charge in [-0.05, 0) is 42.5 Å². The number of benzene rings is 1. The van der Waals surface area contributed by atoms with Gasteiger partial charge in [0.2, 0.25) is 0 Å². The summed E-state index contributed by atoms with van der Waals surface area (Å²) < 4.78 is 5.59. The molecule has 0 fully saturated rings. The summed E-state index contributed by atoms with van der Waals surface area (Å²) in [6, 6.07) is 12.7. The summed E-state index contributed by atoms with van der Waals surface area (Å²) >= 11 is 0. The number of hydrogen-bond acceptors (Lipinski definition) is 4. The molecule has 1 aliphatic carbocycles. The van der Waals surface area contributed by atoms with Gasteiger partial charge in [-0.3, -0.25) is 14.8 Å². The summed E-state index contributed by atoms with van der Waals surface area (Å²) in [5.41, 5.74) is 3.10. The SMILES string of the molecule is O=C(Oc1cc(C#Cc2ccncc2)cc(C#Cc2ccncc2)c1)C1C=CC=C1. The molecule has 0 unspecified atom stereocenters. The monoisotopic (exact) mass is 388 g/mol. The van der Waals surface area contributed by atoms with E-state index in [9.17, 15) is 4.79 Å². The van der Waals surface area contributed by atoms with Crippen molar-refractivity contribution in [2.45, 2.75) is 0 Å². The van der Waals surface area contributed by atoms with E-state index in [1.54, 1.807) is 49.1 Å². The third kappa shape index (κ3) is 5.10. The number of hydrogen-bond donors (Lipinski definition) is 0. The van der Waals surface area contributed by atoms with Crippen LogP contribution in [0.5, 0.6) is 5.75 Å². The number of allylic oxidation sites excluding steroid dienone is 2. The highest BCUT2D eigenvalue weighted by Gasteiger charge is 2.17. The van der Waals surface area contributed by atoms with Crippen LogP contribution < -0.4 is 4.74 Å². The summed E-state index contributed by atoms with van der Waals surface area (Å²) in [5.74, 6) is 12.1. The summed E-state index contributed by atoms with van der Waals surface area (Å²) in [4.78, 5) is 20.4. The lowest BCUT2D eigenvalue weighted by molar-refractivity contribution is -0.135. The first-order valence-corrected chi connectivity index (χ1v) is 9.32. The van der Waals surface area contributed by atoms with Crippen LogP contribution in [-0.2, 0) is 4.79 Å². The van der Waals surface area contributed by atoms with Crippen LogP contribution >= 0.6 is 0 Å². The first-order valence-electron chi connectivity index (χ1n) is 9.32. The summed E-state index contributed by atoms with van der Waals surface area (Å²) in [6.45, 7) is 0. The van der Waals surface area contributed by atoms with E-state index in [1.807, 2.05) is 42.5 Å². The molecule has 0 atom stereocenters. The molecule has 0 N–H and O–H groups in total. The number of esters is 1. The van der Waals surface area contributed by atoms with Gasteiger partial charge in [0.15, 0.2) is 0 Å². The van der Waals surface area contributed by atoms with Crippen LogP contribution in [0.1, 0.15) is 22.3 Å². The van der Waals surface area contributed by atoms with Gasteiger partial charge in [-0.1, -0.05) is 48.0 Å². The smallest absolute Gasteiger partial charge is 0.322 e. The van der Waals surface area contributed by atoms with Crippen molar-refractivity contribution < 1.29 is 9.53 Å². The van der Waals surface area contributed by atoms with Crippen molar-refractivity contribution in [2.24, 2.45) is 5.92 Å². The van der Waals surface area contributed by atoms with Crippen molar-refractivity contribution in [1.82, 2.24) is 9.97 Å². The predicted octanol–water partition coefficient (Wildman–Crippen LogP) is 3.92. The maximum atomic E-state index is 12.4. The fraction of sp³-hybridized carbons (Fsp3) is 0.0385. The second-order valence-electron chi connectivity index (χ2n) is 6.43. The molecule has 0 saturated carbocycles. The number of pyridine rings is 2. The van der Waals surface area contributed by atoms with Crippen molar-refractivity contribution in [3.8, 4) is 29.4 Å². The Labute approximate surface area is 175 Å². The van der Waals surface area contributed by atoms with E-state index in [4.69, 9.17) is 4.74 Å². The molecule has 2 aromatic heterocycles. The Morgan fingerprint density at radius 2 is 1.17 bits per heavy atom. The fourth-order valence-electron chi connectivity index (χ4n) is 2.73. The lowest BCUT2D eigenvalue weighted by Crippen LogP contribution is -2.16. The largest absolute Gasteiger partial charge is 0.426 e. The van der Waals surface area contributed by atoms with Gasteiger partial charge in [0.05, 0.1) is 5.92 Å². The van der Waals surface area contributed by atoms with Gasteiger partial charge in [-0.15, -0.1) is 0 Å². The zero-order valence-corrected chi connectivity index (χ0v) is 15.9. The van der Waals surface area contributed by atoms with E-state index in [-0.39, 0.29) is 11.9 Å². The maximum Gasteiger partial charge on any atom is 0.322 e. The molecule has 0 saturated heterocycles. The molecule has 0 aliphatic heterocycles. The average molecular weight is 388 g/mol. The second-order valence-corrected chi connectivity index (χ2v) is 6.43. The van der Waals surface area contributed by atoms with Gasteiger partial charge in [0, 0.05) is 47.0 Å². The van der Waals surface area contributed by atoms with Gasteiger partial charge in [-0.25, -0.2) is 0 Å².